The van der Waals surface area contributed by atoms with E-state index in [1.807, 2.05) is 0 Å². The first-order valence-corrected chi connectivity index (χ1v) is 5.85. The van der Waals surface area contributed by atoms with Gasteiger partial charge in [-0.2, -0.15) is 4.98 Å². The van der Waals surface area contributed by atoms with Crippen LogP contribution in [0.3, 0.4) is 0 Å². The van der Waals surface area contributed by atoms with Gasteiger partial charge in [-0.15, -0.1) is 12.3 Å². The van der Waals surface area contributed by atoms with Crippen LogP contribution in [0.25, 0.3) is 11.4 Å². The predicted molar refractivity (Wildman–Crippen MR) is 70.1 cm³/mol. The highest BCUT2D eigenvalue weighted by Gasteiger charge is 2.15. The zero-order valence-electron chi connectivity index (χ0n) is 9.23. The van der Waals surface area contributed by atoms with Crippen LogP contribution in [0.15, 0.2) is 22.7 Å². The number of nitrogens with zero attached hydrogens (tertiary/aromatic N) is 2. The third-order valence-electron chi connectivity index (χ3n) is 2.27. The molecule has 2 rings (SSSR count). The second kappa shape index (κ2) is 5.40. The van der Waals surface area contributed by atoms with Crippen LogP contribution in [-0.2, 0) is 0 Å². The van der Waals surface area contributed by atoms with Crippen LogP contribution in [0.1, 0.15) is 18.4 Å². The Morgan fingerprint density at radius 2 is 2.17 bits per heavy atom. The van der Waals surface area contributed by atoms with Crippen molar-refractivity contribution >= 4 is 23.2 Å². The van der Waals surface area contributed by atoms with Gasteiger partial charge in [-0.25, -0.2) is 0 Å². The monoisotopic (exact) mass is 281 g/mol. The number of halogens is 2. The number of terminal acetylenes is 1. The second-order valence-electron chi connectivity index (χ2n) is 3.60. The number of hydrogen-bond donors (Lipinski definition) is 1. The SMILES string of the molecule is C#CCC(N)c1nc(-c2ccc(Cl)c(Cl)c2)no1. The number of benzene rings is 1. The van der Waals surface area contributed by atoms with Gasteiger partial charge in [-0.3, -0.25) is 0 Å². The summed E-state index contributed by atoms with van der Waals surface area (Å²) in [5.74, 6) is 3.14. The van der Waals surface area contributed by atoms with Crippen LogP contribution in [0, 0.1) is 12.3 Å². The molecule has 0 aliphatic carbocycles. The zero-order valence-corrected chi connectivity index (χ0v) is 10.7. The highest BCUT2D eigenvalue weighted by atomic mass is 35.5. The fourth-order valence-electron chi connectivity index (χ4n) is 1.35. The summed E-state index contributed by atoms with van der Waals surface area (Å²) in [5.41, 5.74) is 6.47. The van der Waals surface area contributed by atoms with Gasteiger partial charge >= 0.3 is 0 Å². The van der Waals surface area contributed by atoms with Crippen molar-refractivity contribution in [3.05, 3.63) is 34.1 Å². The van der Waals surface area contributed by atoms with Gasteiger partial charge in [-0.1, -0.05) is 28.4 Å². The van der Waals surface area contributed by atoms with E-state index >= 15 is 0 Å². The minimum absolute atomic E-state index is 0.300. The lowest BCUT2D eigenvalue weighted by atomic mass is 10.2. The molecule has 0 amide bonds. The quantitative estimate of drug-likeness (QED) is 0.879. The van der Waals surface area contributed by atoms with Gasteiger partial charge in [-0.05, 0) is 18.2 Å². The summed E-state index contributed by atoms with van der Waals surface area (Å²) in [6.07, 6.45) is 5.51. The van der Waals surface area contributed by atoms with E-state index in [1.54, 1.807) is 18.2 Å². The van der Waals surface area contributed by atoms with Crippen LogP contribution < -0.4 is 5.73 Å². The van der Waals surface area contributed by atoms with Crippen molar-refractivity contribution in [1.29, 1.82) is 0 Å². The molecule has 6 heteroatoms. The van der Waals surface area contributed by atoms with E-state index in [-0.39, 0.29) is 0 Å². The van der Waals surface area contributed by atoms with E-state index in [9.17, 15) is 0 Å². The molecular weight excluding hydrogens is 273 g/mol. The highest BCUT2D eigenvalue weighted by Crippen LogP contribution is 2.27. The lowest BCUT2D eigenvalue weighted by Crippen LogP contribution is -2.09. The summed E-state index contributed by atoms with van der Waals surface area (Å²) in [4.78, 5) is 4.17. The molecule has 2 aromatic rings. The average Bonchev–Trinajstić information content (AvgIpc) is 2.82. The molecule has 0 saturated carbocycles. The van der Waals surface area contributed by atoms with Gasteiger partial charge in [0.15, 0.2) is 0 Å². The van der Waals surface area contributed by atoms with E-state index < -0.39 is 6.04 Å². The Bertz CT molecular complexity index is 604. The van der Waals surface area contributed by atoms with Crippen LogP contribution in [0.2, 0.25) is 10.0 Å². The maximum Gasteiger partial charge on any atom is 0.244 e. The fraction of sp³-hybridized carbons (Fsp3) is 0.167. The van der Waals surface area contributed by atoms with Crippen molar-refractivity contribution < 1.29 is 4.52 Å². The standard InChI is InChI=1S/C12H9Cl2N3O/c1-2-3-10(15)12-16-11(17-18-12)7-4-5-8(13)9(14)6-7/h1,4-6,10H,3,15H2. The first-order valence-electron chi connectivity index (χ1n) is 5.10. The second-order valence-corrected chi connectivity index (χ2v) is 4.41. The zero-order chi connectivity index (χ0) is 13.1. The smallest absolute Gasteiger partial charge is 0.244 e. The molecule has 2 N–H and O–H groups in total. The van der Waals surface area contributed by atoms with Gasteiger partial charge in [0, 0.05) is 12.0 Å². The summed E-state index contributed by atoms with van der Waals surface area (Å²) in [6.45, 7) is 0. The molecule has 1 aromatic heterocycles. The Kier molecular flexibility index (Phi) is 3.87. The molecule has 0 aliphatic heterocycles. The minimum Gasteiger partial charge on any atom is -0.337 e. The summed E-state index contributed by atoms with van der Waals surface area (Å²) >= 11 is 11.7. The highest BCUT2D eigenvalue weighted by molar-refractivity contribution is 6.42. The first-order chi connectivity index (χ1) is 8.61. The number of rotatable bonds is 3. The van der Waals surface area contributed by atoms with Crippen molar-refractivity contribution in [3.63, 3.8) is 0 Å². The van der Waals surface area contributed by atoms with E-state index in [1.165, 1.54) is 0 Å². The molecular formula is C12H9Cl2N3O. The molecule has 0 saturated heterocycles. The Morgan fingerprint density at radius 1 is 1.39 bits per heavy atom. The fourth-order valence-corrected chi connectivity index (χ4v) is 1.65. The van der Waals surface area contributed by atoms with Crippen molar-refractivity contribution in [3.8, 4) is 23.7 Å². The van der Waals surface area contributed by atoms with Crippen LogP contribution in [0.4, 0.5) is 0 Å². The summed E-state index contributed by atoms with van der Waals surface area (Å²) in [5, 5.41) is 4.71. The molecule has 0 aliphatic rings. The predicted octanol–water partition coefficient (Wildman–Crippen LogP) is 3.07. The number of nitrogens with two attached hydrogens (primary N) is 1. The molecule has 1 unspecified atom stereocenters. The van der Waals surface area contributed by atoms with E-state index in [0.29, 0.717) is 33.7 Å². The molecule has 0 bridgehead atoms. The van der Waals surface area contributed by atoms with Gasteiger partial charge in [0.2, 0.25) is 11.7 Å². The lowest BCUT2D eigenvalue weighted by Gasteiger charge is -1.99. The maximum atomic E-state index is 5.91. The summed E-state index contributed by atoms with van der Waals surface area (Å²) < 4.78 is 5.05. The lowest BCUT2D eigenvalue weighted by molar-refractivity contribution is 0.357. The molecule has 4 nitrogen and oxygen atoms in total. The molecule has 18 heavy (non-hydrogen) atoms. The maximum absolute atomic E-state index is 5.91. The van der Waals surface area contributed by atoms with E-state index in [4.69, 9.17) is 39.9 Å². The van der Waals surface area contributed by atoms with E-state index in [2.05, 4.69) is 16.1 Å². The first kappa shape index (κ1) is 12.9. The third kappa shape index (κ3) is 2.65. The van der Waals surface area contributed by atoms with Crippen LogP contribution in [-0.4, -0.2) is 10.1 Å². The van der Waals surface area contributed by atoms with Crippen molar-refractivity contribution in [2.75, 3.05) is 0 Å². The molecule has 1 atom stereocenters. The average molecular weight is 282 g/mol. The largest absolute Gasteiger partial charge is 0.337 e. The van der Waals surface area contributed by atoms with E-state index in [0.717, 1.165) is 0 Å². The summed E-state index contributed by atoms with van der Waals surface area (Å²) in [6, 6.07) is 4.61. The summed E-state index contributed by atoms with van der Waals surface area (Å²) in [7, 11) is 0. The van der Waals surface area contributed by atoms with Crippen LogP contribution in [0.5, 0.6) is 0 Å². The third-order valence-corrected chi connectivity index (χ3v) is 3.01. The van der Waals surface area contributed by atoms with Crippen molar-refractivity contribution in [2.24, 2.45) is 5.73 Å². The molecule has 0 fully saturated rings. The van der Waals surface area contributed by atoms with Crippen LogP contribution >= 0.6 is 23.2 Å². The van der Waals surface area contributed by atoms with Gasteiger partial charge < -0.3 is 10.3 Å². The number of hydrogen-bond acceptors (Lipinski definition) is 4. The topological polar surface area (TPSA) is 64.9 Å². The normalized spacial score (nSPS) is 12.1. The molecule has 92 valence electrons. The Balaban J connectivity index is 2.29. The van der Waals surface area contributed by atoms with Gasteiger partial charge in [0.1, 0.15) is 0 Å². The molecule has 1 heterocycles. The Labute approximate surface area is 114 Å². The minimum atomic E-state index is -0.459. The van der Waals surface area contributed by atoms with Gasteiger partial charge in [0.05, 0.1) is 16.1 Å². The Morgan fingerprint density at radius 3 is 2.83 bits per heavy atom. The van der Waals surface area contributed by atoms with Crippen molar-refractivity contribution in [1.82, 2.24) is 10.1 Å². The molecule has 0 radical (unpaired) electrons. The molecule has 1 aromatic carbocycles. The number of aromatic nitrogens is 2. The molecule has 0 spiro atoms. The van der Waals surface area contributed by atoms with Crippen molar-refractivity contribution in [2.45, 2.75) is 12.5 Å². The Hall–Kier alpha value is -1.54. The van der Waals surface area contributed by atoms with Gasteiger partial charge in [0.25, 0.3) is 0 Å².